The summed E-state index contributed by atoms with van der Waals surface area (Å²) < 4.78 is 29.0. The average molecular weight is 182 g/mol. The molecule has 0 saturated carbocycles. The van der Waals surface area contributed by atoms with Crippen molar-refractivity contribution < 1.29 is 18.1 Å². The molecular formula is C6H14O4S. The van der Waals surface area contributed by atoms with Crippen molar-refractivity contribution >= 4 is 10.1 Å². The molecule has 0 aromatic carbocycles. The molecule has 0 spiro atoms. The largest absolute Gasteiger partial charge is 0.393 e. The molecule has 0 heterocycles. The zero-order valence-electron chi connectivity index (χ0n) is 6.69. The van der Waals surface area contributed by atoms with Crippen molar-refractivity contribution in [3.63, 3.8) is 0 Å². The van der Waals surface area contributed by atoms with Gasteiger partial charge < -0.3 is 5.11 Å². The van der Waals surface area contributed by atoms with Crippen LogP contribution in [0.15, 0.2) is 0 Å². The maximum absolute atomic E-state index is 10.3. The van der Waals surface area contributed by atoms with Crippen LogP contribution in [-0.2, 0) is 10.1 Å². The highest BCUT2D eigenvalue weighted by Crippen LogP contribution is 2.07. The third-order valence-electron chi connectivity index (χ3n) is 1.24. The van der Waals surface area contributed by atoms with Gasteiger partial charge in [0.15, 0.2) is 0 Å². The Kier molecular flexibility index (Phi) is 3.99. The van der Waals surface area contributed by atoms with E-state index in [1.54, 1.807) is 13.8 Å². The van der Waals surface area contributed by atoms with Gasteiger partial charge in [-0.15, -0.1) is 0 Å². The third kappa shape index (κ3) is 7.77. The standard InChI is InChI=1S/C6H14O4S/c1-5(3-6(2)7)4-11(8,9)10/h5-7H,3-4H2,1-2H3,(H,8,9,10). The number of hydrogen-bond donors (Lipinski definition) is 2. The molecule has 68 valence electrons. The highest BCUT2D eigenvalue weighted by Gasteiger charge is 2.13. The van der Waals surface area contributed by atoms with E-state index in [9.17, 15) is 8.42 Å². The smallest absolute Gasteiger partial charge is 0.265 e. The Hall–Kier alpha value is -0.130. The second-order valence-corrected chi connectivity index (χ2v) is 4.44. The van der Waals surface area contributed by atoms with Gasteiger partial charge in [-0.3, -0.25) is 4.55 Å². The number of rotatable bonds is 4. The molecule has 2 unspecified atom stereocenters. The van der Waals surface area contributed by atoms with Crippen molar-refractivity contribution in [3.8, 4) is 0 Å². The van der Waals surface area contributed by atoms with Crippen LogP contribution < -0.4 is 0 Å². The summed E-state index contributed by atoms with van der Waals surface area (Å²) in [6, 6.07) is 0. The van der Waals surface area contributed by atoms with Crippen molar-refractivity contribution in [2.24, 2.45) is 5.92 Å². The first-order chi connectivity index (χ1) is 4.81. The van der Waals surface area contributed by atoms with E-state index >= 15 is 0 Å². The van der Waals surface area contributed by atoms with Crippen LogP contribution in [-0.4, -0.2) is 29.9 Å². The summed E-state index contributed by atoms with van der Waals surface area (Å²) in [5, 5.41) is 8.84. The molecule has 2 N–H and O–H groups in total. The summed E-state index contributed by atoms with van der Waals surface area (Å²) in [6.45, 7) is 3.25. The first-order valence-electron chi connectivity index (χ1n) is 3.44. The summed E-state index contributed by atoms with van der Waals surface area (Å²) in [5.41, 5.74) is 0. The Morgan fingerprint density at radius 3 is 2.09 bits per heavy atom. The summed E-state index contributed by atoms with van der Waals surface area (Å²) in [4.78, 5) is 0. The molecule has 11 heavy (non-hydrogen) atoms. The summed E-state index contributed by atoms with van der Waals surface area (Å²) in [6.07, 6.45) is -0.133. The lowest BCUT2D eigenvalue weighted by atomic mass is 10.1. The number of hydrogen-bond acceptors (Lipinski definition) is 3. The van der Waals surface area contributed by atoms with Crippen molar-refractivity contribution in [2.75, 3.05) is 5.75 Å². The van der Waals surface area contributed by atoms with Gasteiger partial charge in [-0.2, -0.15) is 8.42 Å². The van der Waals surface area contributed by atoms with E-state index in [0.717, 1.165) is 0 Å². The minimum absolute atomic E-state index is 0.204. The van der Waals surface area contributed by atoms with Gasteiger partial charge >= 0.3 is 0 Å². The summed E-state index contributed by atoms with van der Waals surface area (Å²) in [5.74, 6) is -0.484. The first-order valence-corrected chi connectivity index (χ1v) is 5.05. The van der Waals surface area contributed by atoms with Gasteiger partial charge in [-0.1, -0.05) is 6.92 Å². The molecule has 0 fully saturated rings. The van der Waals surface area contributed by atoms with E-state index in [1.807, 2.05) is 0 Å². The third-order valence-corrected chi connectivity index (χ3v) is 2.23. The van der Waals surface area contributed by atoms with Crippen molar-refractivity contribution in [1.29, 1.82) is 0 Å². The van der Waals surface area contributed by atoms with Gasteiger partial charge in [-0.05, 0) is 19.3 Å². The summed E-state index contributed by atoms with van der Waals surface area (Å²) in [7, 11) is -3.88. The Morgan fingerprint density at radius 1 is 1.36 bits per heavy atom. The topological polar surface area (TPSA) is 74.6 Å². The molecule has 0 aromatic heterocycles. The van der Waals surface area contributed by atoms with Gasteiger partial charge in [0.1, 0.15) is 0 Å². The maximum atomic E-state index is 10.3. The minimum atomic E-state index is -3.88. The molecule has 5 heteroatoms. The van der Waals surface area contributed by atoms with Crippen LogP contribution in [0.1, 0.15) is 20.3 Å². The van der Waals surface area contributed by atoms with Gasteiger partial charge in [0.2, 0.25) is 0 Å². The Labute approximate surface area is 67.0 Å². The fraction of sp³-hybridized carbons (Fsp3) is 1.00. The predicted octanol–water partition coefficient (Wildman–Crippen LogP) is 0.281. The second kappa shape index (κ2) is 4.04. The van der Waals surface area contributed by atoms with E-state index in [2.05, 4.69) is 0 Å². The second-order valence-electron chi connectivity index (χ2n) is 2.94. The molecule has 0 aliphatic heterocycles. The molecule has 0 aliphatic carbocycles. The lowest BCUT2D eigenvalue weighted by molar-refractivity contribution is 0.168. The molecule has 4 nitrogen and oxygen atoms in total. The van der Waals surface area contributed by atoms with E-state index in [1.165, 1.54) is 0 Å². The quantitative estimate of drug-likeness (QED) is 0.612. The molecule has 0 bridgehead atoms. The number of aliphatic hydroxyl groups is 1. The van der Waals surface area contributed by atoms with Crippen LogP contribution in [0.25, 0.3) is 0 Å². The average Bonchev–Trinajstić information content (AvgIpc) is 1.53. The monoisotopic (exact) mass is 182 g/mol. The fourth-order valence-corrected chi connectivity index (χ4v) is 1.87. The van der Waals surface area contributed by atoms with Gasteiger partial charge in [0.25, 0.3) is 10.1 Å². The molecular weight excluding hydrogens is 168 g/mol. The van der Waals surface area contributed by atoms with Gasteiger partial charge in [0, 0.05) is 0 Å². The highest BCUT2D eigenvalue weighted by atomic mass is 32.2. The molecule has 0 aromatic rings. The van der Waals surface area contributed by atoms with Crippen molar-refractivity contribution in [1.82, 2.24) is 0 Å². The molecule has 0 amide bonds. The molecule has 0 radical (unpaired) electrons. The van der Waals surface area contributed by atoms with Crippen LogP contribution >= 0.6 is 0 Å². The van der Waals surface area contributed by atoms with Crippen LogP contribution in [0.4, 0.5) is 0 Å². The zero-order valence-corrected chi connectivity index (χ0v) is 7.50. The summed E-state index contributed by atoms with van der Waals surface area (Å²) >= 11 is 0. The lowest BCUT2D eigenvalue weighted by Gasteiger charge is -2.10. The Bertz CT molecular complexity index is 195. The van der Waals surface area contributed by atoms with Crippen LogP contribution in [0, 0.1) is 5.92 Å². The van der Waals surface area contributed by atoms with E-state index in [0.29, 0.717) is 6.42 Å². The zero-order chi connectivity index (χ0) is 9.07. The predicted molar refractivity (Wildman–Crippen MR) is 41.9 cm³/mol. The molecule has 0 aliphatic rings. The molecule has 0 saturated heterocycles. The van der Waals surface area contributed by atoms with Crippen molar-refractivity contribution in [2.45, 2.75) is 26.4 Å². The van der Waals surface area contributed by atoms with Crippen LogP contribution in [0.5, 0.6) is 0 Å². The Balaban J connectivity index is 3.80. The van der Waals surface area contributed by atoms with Gasteiger partial charge in [0.05, 0.1) is 11.9 Å². The lowest BCUT2D eigenvalue weighted by Crippen LogP contribution is -2.16. The SMILES string of the molecule is CC(O)CC(C)CS(=O)(=O)O. The highest BCUT2D eigenvalue weighted by molar-refractivity contribution is 7.85. The van der Waals surface area contributed by atoms with Crippen LogP contribution in [0.2, 0.25) is 0 Å². The van der Waals surface area contributed by atoms with E-state index in [-0.39, 0.29) is 11.7 Å². The first kappa shape index (κ1) is 10.9. The van der Waals surface area contributed by atoms with Crippen molar-refractivity contribution in [3.05, 3.63) is 0 Å². The normalized spacial score (nSPS) is 17.8. The molecule has 0 rings (SSSR count). The van der Waals surface area contributed by atoms with E-state index in [4.69, 9.17) is 9.66 Å². The van der Waals surface area contributed by atoms with Gasteiger partial charge in [-0.25, -0.2) is 0 Å². The number of aliphatic hydroxyl groups excluding tert-OH is 1. The van der Waals surface area contributed by atoms with Crippen LogP contribution in [0.3, 0.4) is 0 Å². The Morgan fingerprint density at radius 2 is 1.82 bits per heavy atom. The van der Waals surface area contributed by atoms with E-state index < -0.39 is 16.2 Å². The fourth-order valence-electron chi connectivity index (χ4n) is 1.01. The maximum Gasteiger partial charge on any atom is 0.265 e. The molecule has 2 atom stereocenters. The minimum Gasteiger partial charge on any atom is -0.393 e.